The normalized spacial score (nSPS) is 13.2. The van der Waals surface area contributed by atoms with Crippen molar-refractivity contribution in [3.05, 3.63) is 34.3 Å². The molecule has 0 fully saturated rings. The van der Waals surface area contributed by atoms with Crippen LogP contribution in [0.25, 0.3) is 0 Å². The van der Waals surface area contributed by atoms with Gasteiger partial charge >= 0.3 is 0 Å². The Morgan fingerprint density at radius 3 is 2.21 bits per heavy atom. The minimum absolute atomic E-state index is 0.601. The second-order valence-electron chi connectivity index (χ2n) is 4.06. The quantitative estimate of drug-likeness (QED) is 0.699. The van der Waals surface area contributed by atoms with E-state index in [1.54, 1.807) is 0 Å². The van der Waals surface area contributed by atoms with Crippen molar-refractivity contribution in [2.75, 3.05) is 0 Å². The minimum atomic E-state index is 0.601. The van der Waals surface area contributed by atoms with Crippen LogP contribution in [0.1, 0.15) is 25.8 Å². The first kappa shape index (κ1) is 12.3. The molecule has 0 N–H and O–H groups in total. The Bertz CT molecular complexity index is 264. The first-order valence-corrected chi connectivity index (χ1v) is 6.67. The van der Waals surface area contributed by atoms with Crippen molar-refractivity contribution < 1.29 is 0 Å². The van der Waals surface area contributed by atoms with Crippen LogP contribution in [-0.4, -0.2) is 4.83 Å². The van der Waals surface area contributed by atoms with Gasteiger partial charge in [0.1, 0.15) is 0 Å². The third-order valence-corrected chi connectivity index (χ3v) is 3.32. The van der Waals surface area contributed by atoms with Crippen LogP contribution in [-0.2, 0) is 6.42 Å². The SMILES string of the molecule is CC(C)CC(Br)Cc1ccc(Br)cc1. The Morgan fingerprint density at radius 1 is 1.14 bits per heavy atom. The molecule has 1 aromatic carbocycles. The second-order valence-corrected chi connectivity index (χ2v) is 6.27. The zero-order valence-corrected chi connectivity index (χ0v) is 11.8. The molecule has 0 aliphatic carbocycles. The molecule has 0 saturated heterocycles. The highest BCUT2D eigenvalue weighted by molar-refractivity contribution is 9.10. The largest absolute Gasteiger partial charge is 0.0887 e. The predicted octanol–water partition coefficient (Wildman–Crippen LogP) is 4.80. The number of hydrogen-bond donors (Lipinski definition) is 0. The van der Waals surface area contributed by atoms with Gasteiger partial charge < -0.3 is 0 Å². The summed E-state index contributed by atoms with van der Waals surface area (Å²) in [6.07, 6.45) is 2.35. The number of hydrogen-bond acceptors (Lipinski definition) is 0. The minimum Gasteiger partial charge on any atom is -0.0887 e. The van der Waals surface area contributed by atoms with E-state index in [2.05, 4.69) is 70.0 Å². The summed E-state index contributed by atoms with van der Waals surface area (Å²) in [6.45, 7) is 4.52. The summed E-state index contributed by atoms with van der Waals surface area (Å²) < 4.78 is 1.15. The molecule has 1 rings (SSSR count). The van der Waals surface area contributed by atoms with E-state index in [4.69, 9.17) is 0 Å². The van der Waals surface area contributed by atoms with Crippen LogP contribution in [0.2, 0.25) is 0 Å². The molecule has 1 unspecified atom stereocenters. The lowest BCUT2D eigenvalue weighted by atomic mass is 10.0. The van der Waals surface area contributed by atoms with Gasteiger partial charge in [-0.3, -0.25) is 0 Å². The van der Waals surface area contributed by atoms with E-state index in [0.29, 0.717) is 4.83 Å². The zero-order chi connectivity index (χ0) is 10.6. The number of alkyl halides is 1. The zero-order valence-electron chi connectivity index (χ0n) is 8.63. The van der Waals surface area contributed by atoms with E-state index in [-0.39, 0.29) is 0 Å². The molecule has 0 nitrogen and oxygen atoms in total. The molecule has 0 aliphatic rings. The van der Waals surface area contributed by atoms with Crippen LogP contribution >= 0.6 is 31.9 Å². The predicted molar refractivity (Wildman–Crippen MR) is 70.0 cm³/mol. The topological polar surface area (TPSA) is 0 Å². The Balaban J connectivity index is 2.47. The molecule has 1 aromatic rings. The summed E-state index contributed by atoms with van der Waals surface area (Å²) in [5, 5.41) is 0. The van der Waals surface area contributed by atoms with Crippen molar-refractivity contribution in [1.82, 2.24) is 0 Å². The molecule has 0 spiro atoms. The van der Waals surface area contributed by atoms with Gasteiger partial charge in [0, 0.05) is 9.30 Å². The fourth-order valence-electron chi connectivity index (χ4n) is 1.47. The van der Waals surface area contributed by atoms with Crippen LogP contribution in [0.15, 0.2) is 28.7 Å². The fraction of sp³-hybridized carbons (Fsp3) is 0.500. The number of halogens is 2. The lowest BCUT2D eigenvalue weighted by Crippen LogP contribution is -2.06. The number of benzene rings is 1. The highest BCUT2D eigenvalue weighted by Crippen LogP contribution is 2.19. The maximum atomic E-state index is 3.72. The van der Waals surface area contributed by atoms with Crippen LogP contribution in [0.3, 0.4) is 0 Å². The van der Waals surface area contributed by atoms with Gasteiger partial charge in [-0.1, -0.05) is 57.8 Å². The van der Waals surface area contributed by atoms with Gasteiger partial charge in [0.25, 0.3) is 0 Å². The first-order chi connectivity index (χ1) is 6.58. The Kier molecular flexibility index (Phi) is 5.18. The molecular formula is C12H16Br2. The van der Waals surface area contributed by atoms with E-state index in [9.17, 15) is 0 Å². The standard InChI is InChI=1S/C12H16Br2/c1-9(2)7-12(14)8-10-3-5-11(13)6-4-10/h3-6,9,12H,7-8H2,1-2H3. The van der Waals surface area contributed by atoms with Crippen molar-refractivity contribution in [3.63, 3.8) is 0 Å². The molecule has 78 valence electrons. The van der Waals surface area contributed by atoms with Gasteiger partial charge in [-0.05, 0) is 36.5 Å². The van der Waals surface area contributed by atoms with E-state index < -0.39 is 0 Å². The van der Waals surface area contributed by atoms with Crippen LogP contribution in [0.4, 0.5) is 0 Å². The van der Waals surface area contributed by atoms with Gasteiger partial charge in [0.15, 0.2) is 0 Å². The van der Waals surface area contributed by atoms with E-state index in [1.807, 2.05) is 0 Å². The average Bonchev–Trinajstić information content (AvgIpc) is 2.07. The summed E-state index contributed by atoms with van der Waals surface area (Å²) in [7, 11) is 0. The summed E-state index contributed by atoms with van der Waals surface area (Å²) in [4.78, 5) is 0.601. The molecular weight excluding hydrogens is 304 g/mol. The second kappa shape index (κ2) is 5.92. The van der Waals surface area contributed by atoms with Crippen molar-refractivity contribution in [1.29, 1.82) is 0 Å². The molecule has 14 heavy (non-hydrogen) atoms. The molecule has 2 heteroatoms. The molecule has 0 amide bonds. The van der Waals surface area contributed by atoms with Gasteiger partial charge in [0.05, 0.1) is 0 Å². The summed E-state index contributed by atoms with van der Waals surface area (Å²) in [5.41, 5.74) is 1.40. The average molecular weight is 320 g/mol. The highest BCUT2D eigenvalue weighted by atomic mass is 79.9. The van der Waals surface area contributed by atoms with E-state index in [1.165, 1.54) is 12.0 Å². The highest BCUT2D eigenvalue weighted by Gasteiger charge is 2.07. The van der Waals surface area contributed by atoms with Crippen LogP contribution in [0, 0.1) is 5.92 Å². The lowest BCUT2D eigenvalue weighted by molar-refractivity contribution is 0.571. The molecule has 1 atom stereocenters. The maximum absolute atomic E-state index is 3.72. The fourth-order valence-corrected chi connectivity index (χ4v) is 2.86. The Morgan fingerprint density at radius 2 is 1.71 bits per heavy atom. The maximum Gasteiger partial charge on any atom is 0.0188 e. The summed E-state index contributed by atoms with van der Waals surface area (Å²) in [5.74, 6) is 0.759. The van der Waals surface area contributed by atoms with E-state index in [0.717, 1.165) is 16.8 Å². The molecule has 0 saturated carbocycles. The molecule has 0 aliphatic heterocycles. The third-order valence-electron chi connectivity index (χ3n) is 2.10. The molecule has 0 bridgehead atoms. The molecule has 0 aromatic heterocycles. The van der Waals surface area contributed by atoms with Crippen molar-refractivity contribution >= 4 is 31.9 Å². The third kappa shape index (κ3) is 4.61. The smallest absolute Gasteiger partial charge is 0.0188 e. The Hall–Kier alpha value is 0.180. The summed E-state index contributed by atoms with van der Waals surface area (Å²) in [6, 6.07) is 8.56. The first-order valence-electron chi connectivity index (χ1n) is 4.96. The van der Waals surface area contributed by atoms with Crippen molar-refractivity contribution in [3.8, 4) is 0 Å². The van der Waals surface area contributed by atoms with E-state index >= 15 is 0 Å². The van der Waals surface area contributed by atoms with Crippen molar-refractivity contribution in [2.45, 2.75) is 31.5 Å². The van der Waals surface area contributed by atoms with Crippen LogP contribution < -0.4 is 0 Å². The number of rotatable bonds is 4. The molecule has 0 heterocycles. The van der Waals surface area contributed by atoms with Gasteiger partial charge in [-0.15, -0.1) is 0 Å². The van der Waals surface area contributed by atoms with Gasteiger partial charge in [0.2, 0.25) is 0 Å². The lowest BCUT2D eigenvalue weighted by Gasteiger charge is -2.12. The monoisotopic (exact) mass is 318 g/mol. The summed E-state index contributed by atoms with van der Waals surface area (Å²) >= 11 is 7.16. The van der Waals surface area contributed by atoms with Crippen LogP contribution in [0.5, 0.6) is 0 Å². The van der Waals surface area contributed by atoms with Gasteiger partial charge in [-0.2, -0.15) is 0 Å². The molecule has 0 radical (unpaired) electrons. The Labute approximate surface area is 103 Å². The van der Waals surface area contributed by atoms with Crippen molar-refractivity contribution in [2.24, 2.45) is 5.92 Å². The van der Waals surface area contributed by atoms with Gasteiger partial charge in [-0.25, -0.2) is 0 Å².